The molecule has 1 saturated heterocycles. The van der Waals surface area contributed by atoms with Crippen LogP contribution in [0.5, 0.6) is 0 Å². The highest BCUT2D eigenvalue weighted by Crippen LogP contribution is 2.34. The van der Waals surface area contributed by atoms with Crippen LogP contribution in [0.3, 0.4) is 0 Å². The fraction of sp³-hybridized carbons (Fsp3) is 0.533. The third kappa shape index (κ3) is 2.85. The number of rotatable bonds is 2. The number of thioether (sulfide) groups is 1. The predicted molar refractivity (Wildman–Crippen MR) is 83.4 cm³/mol. The number of hydrogen-bond donors (Lipinski definition) is 1. The van der Waals surface area contributed by atoms with Crippen LogP contribution in [0.2, 0.25) is 0 Å². The molecule has 1 aromatic carbocycles. The van der Waals surface area contributed by atoms with E-state index in [4.69, 9.17) is 0 Å². The van der Waals surface area contributed by atoms with E-state index in [0.717, 1.165) is 37.6 Å². The van der Waals surface area contributed by atoms with E-state index in [2.05, 4.69) is 29.3 Å². The lowest BCUT2D eigenvalue weighted by atomic mass is 10.2. The molecule has 1 atom stereocenters. The molecule has 1 N–H and O–H groups in total. The summed E-state index contributed by atoms with van der Waals surface area (Å²) < 4.78 is 0. The molecule has 0 saturated carbocycles. The zero-order valence-corrected chi connectivity index (χ0v) is 12.7. The average molecular weight is 291 g/mol. The maximum Gasteiger partial charge on any atom is 0.241 e. The van der Waals surface area contributed by atoms with Gasteiger partial charge in [-0.3, -0.25) is 9.69 Å². The second-order valence-electron chi connectivity index (χ2n) is 5.39. The van der Waals surface area contributed by atoms with Crippen molar-refractivity contribution in [2.24, 2.45) is 0 Å². The van der Waals surface area contributed by atoms with Crippen LogP contribution in [0.1, 0.15) is 6.92 Å². The van der Waals surface area contributed by atoms with E-state index >= 15 is 0 Å². The molecule has 0 radical (unpaired) electrons. The van der Waals surface area contributed by atoms with Crippen molar-refractivity contribution in [2.75, 3.05) is 43.4 Å². The second kappa shape index (κ2) is 6.16. The quantitative estimate of drug-likeness (QED) is 0.894. The number of nitrogens with zero attached hydrogens (tertiary/aromatic N) is 2. The first-order valence-electron chi connectivity index (χ1n) is 7.22. The Morgan fingerprint density at radius 1 is 1.40 bits per heavy atom. The van der Waals surface area contributed by atoms with E-state index in [1.807, 2.05) is 28.8 Å². The van der Waals surface area contributed by atoms with Crippen LogP contribution in [-0.2, 0) is 4.79 Å². The second-order valence-corrected chi connectivity index (χ2v) is 6.52. The van der Waals surface area contributed by atoms with Crippen LogP contribution >= 0.6 is 11.8 Å². The van der Waals surface area contributed by atoms with Crippen LogP contribution < -0.4 is 10.2 Å². The van der Waals surface area contributed by atoms with Crippen molar-refractivity contribution in [3.8, 4) is 0 Å². The molecule has 1 amide bonds. The highest BCUT2D eigenvalue weighted by Gasteiger charge is 2.26. The molecular weight excluding hydrogens is 270 g/mol. The zero-order valence-electron chi connectivity index (χ0n) is 11.8. The molecule has 4 nitrogen and oxygen atoms in total. The number of hydrogen-bond acceptors (Lipinski definition) is 4. The molecule has 1 aromatic rings. The first-order chi connectivity index (χ1) is 9.75. The molecule has 2 heterocycles. The summed E-state index contributed by atoms with van der Waals surface area (Å²) in [5, 5.41) is 3.36. The third-order valence-corrected chi connectivity index (χ3v) is 5.05. The number of anilines is 1. The van der Waals surface area contributed by atoms with E-state index in [9.17, 15) is 4.79 Å². The van der Waals surface area contributed by atoms with Crippen molar-refractivity contribution >= 4 is 23.4 Å². The number of fused-ring (bicyclic) bond motifs is 1. The SMILES string of the molecule is C[C@@H]1CNCCN1CC(=O)N1CCSc2ccccc21. The lowest BCUT2D eigenvalue weighted by Gasteiger charge is -2.36. The Morgan fingerprint density at radius 2 is 2.25 bits per heavy atom. The summed E-state index contributed by atoms with van der Waals surface area (Å²) in [5.74, 6) is 1.21. The third-order valence-electron chi connectivity index (χ3n) is 4.01. The molecule has 1 fully saturated rings. The number of nitrogens with one attached hydrogen (secondary N) is 1. The first-order valence-corrected chi connectivity index (χ1v) is 8.21. The summed E-state index contributed by atoms with van der Waals surface area (Å²) in [7, 11) is 0. The Balaban J connectivity index is 1.72. The van der Waals surface area contributed by atoms with Crippen molar-refractivity contribution < 1.29 is 4.79 Å². The Hall–Kier alpha value is -1.04. The minimum atomic E-state index is 0.228. The molecule has 20 heavy (non-hydrogen) atoms. The number of amides is 1. The number of piperazine rings is 1. The molecule has 5 heteroatoms. The van der Waals surface area contributed by atoms with Crippen molar-refractivity contribution in [1.82, 2.24) is 10.2 Å². The zero-order chi connectivity index (χ0) is 13.9. The molecular formula is C15H21N3OS. The van der Waals surface area contributed by atoms with Gasteiger partial charge in [0.15, 0.2) is 0 Å². The normalized spacial score (nSPS) is 23.4. The van der Waals surface area contributed by atoms with Gasteiger partial charge in [-0.25, -0.2) is 0 Å². The summed E-state index contributed by atoms with van der Waals surface area (Å²) in [4.78, 5) is 18.1. The summed E-state index contributed by atoms with van der Waals surface area (Å²) in [6.45, 7) is 6.43. The molecule has 0 unspecified atom stereocenters. The average Bonchev–Trinajstić information content (AvgIpc) is 2.49. The van der Waals surface area contributed by atoms with Crippen LogP contribution in [-0.4, -0.2) is 55.3 Å². The lowest BCUT2D eigenvalue weighted by Crippen LogP contribution is -2.53. The maximum atomic E-state index is 12.6. The van der Waals surface area contributed by atoms with Gasteiger partial charge in [-0.05, 0) is 19.1 Å². The van der Waals surface area contributed by atoms with Gasteiger partial charge in [0.2, 0.25) is 5.91 Å². The summed E-state index contributed by atoms with van der Waals surface area (Å²) >= 11 is 1.84. The fourth-order valence-corrected chi connectivity index (χ4v) is 3.80. The molecule has 0 spiro atoms. The van der Waals surface area contributed by atoms with Crippen molar-refractivity contribution in [2.45, 2.75) is 17.9 Å². The largest absolute Gasteiger partial charge is 0.314 e. The Labute approximate surface area is 124 Å². The molecule has 2 aliphatic rings. The molecule has 0 aromatic heterocycles. The van der Waals surface area contributed by atoms with E-state index in [0.29, 0.717) is 12.6 Å². The number of para-hydroxylation sites is 1. The van der Waals surface area contributed by atoms with Crippen LogP contribution in [0, 0.1) is 0 Å². The standard InChI is InChI=1S/C15H21N3OS/c1-12-10-16-6-7-17(12)11-15(19)18-8-9-20-14-5-3-2-4-13(14)18/h2-5,12,16H,6-11H2,1H3/t12-/m1/s1. The monoisotopic (exact) mass is 291 g/mol. The van der Waals surface area contributed by atoms with Crippen molar-refractivity contribution in [3.63, 3.8) is 0 Å². The Kier molecular flexibility index (Phi) is 4.29. The van der Waals surface area contributed by atoms with Crippen LogP contribution in [0.25, 0.3) is 0 Å². The number of benzene rings is 1. The van der Waals surface area contributed by atoms with E-state index in [-0.39, 0.29) is 5.91 Å². The molecule has 0 bridgehead atoms. The summed E-state index contributed by atoms with van der Waals surface area (Å²) in [5.41, 5.74) is 1.08. The van der Waals surface area contributed by atoms with Gasteiger partial charge in [-0.1, -0.05) is 12.1 Å². The highest BCUT2D eigenvalue weighted by atomic mass is 32.2. The highest BCUT2D eigenvalue weighted by molar-refractivity contribution is 7.99. The van der Waals surface area contributed by atoms with E-state index in [1.54, 1.807) is 0 Å². The molecule has 3 rings (SSSR count). The van der Waals surface area contributed by atoms with Gasteiger partial charge in [-0.2, -0.15) is 0 Å². The molecule has 0 aliphatic carbocycles. The molecule has 2 aliphatic heterocycles. The van der Waals surface area contributed by atoms with Gasteiger partial charge < -0.3 is 10.2 Å². The smallest absolute Gasteiger partial charge is 0.241 e. The van der Waals surface area contributed by atoms with E-state index in [1.165, 1.54) is 4.90 Å². The predicted octanol–water partition coefficient (Wildman–Crippen LogP) is 1.42. The van der Waals surface area contributed by atoms with Crippen LogP contribution in [0.15, 0.2) is 29.2 Å². The van der Waals surface area contributed by atoms with Gasteiger partial charge in [-0.15, -0.1) is 11.8 Å². The maximum absolute atomic E-state index is 12.6. The Morgan fingerprint density at radius 3 is 3.10 bits per heavy atom. The topological polar surface area (TPSA) is 35.6 Å². The van der Waals surface area contributed by atoms with Crippen LogP contribution in [0.4, 0.5) is 5.69 Å². The van der Waals surface area contributed by atoms with Gasteiger partial charge >= 0.3 is 0 Å². The minimum absolute atomic E-state index is 0.228. The number of carbonyl (C=O) groups is 1. The fourth-order valence-electron chi connectivity index (χ4n) is 2.81. The summed E-state index contributed by atoms with van der Waals surface area (Å²) in [6, 6.07) is 8.64. The minimum Gasteiger partial charge on any atom is -0.314 e. The van der Waals surface area contributed by atoms with E-state index < -0.39 is 0 Å². The summed E-state index contributed by atoms with van der Waals surface area (Å²) in [6.07, 6.45) is 0. The van der Waals surface area contributed by atoms with Gasteiger partial charge in [0.1, 0.15) is 0 Å². The first kappa shape index (κ1) is 13.9. The van der Waals surface area contributed by atoms with Crippen molar-refractivity contribution in [1.29, 1.82) is 0 Å². The Bertz CT molecular complexity index is 494. The van der Waals surface area contributed by atoms with Gasteiger partial charge in [0, 0.05) is 42.9 Å². The molecule has 108 valence electrons. The van der Waals surface area contributed by atoms with Gasteiger partial charge in [0.25, 0.3) is 0 Å². The lowest BCUT2D eigenvalue weighted by molar-refractivity contribution is -0.120. The van der Waals surface area contributed by atoms with Crippen molar-refractivity contribution in [3.05, 3.63) is 24.3 Å². The number of carbonyl (C=O) groups excluding carboxylic acids is 1. The van der Waals surface area contributed by atoms with Gasteiger partial charge in [0.05, 0.1) is 12.2 Å².